The van der Waals surface area contributed by atoms with Crippen molar-refractivity contribution >= 4 is 0 Å². The molecule has 148 valence electrons. The summed E-state index contributed by atoms with van der Waals surface area (Å²) in [5, 5.41) is 8.15. The Balaban J connectivity index is 1.35. The normalized spacial score (nSPS) is 20.4. The van der Waals surface area contributed by atoms with E-state index >= 15 is 0 Å². The fourth-order valence-corrected chi connectivity index (χ4v) is 3.91. The maximum atomic E-state index is 12.5. The zero-order chi connectivity index (χ0) is 19.6. The molecule has 2 aliphatic heterocycles. The van der Waals surface area contributed by atoms with Crippen molar-refractivity contribution in [3.05, 3.63) is 76.3 Å². The summed E-state index contributed by atoms with van der Waals surface area (Å²) >= 11 is 0. The Morgan fingerprint density at radius 1 is 1.17 bits per heavy atom. The molecular formula is C22H22N4O3. The van der Waals surface area contributed by atoms with Crippen LogP contribution < -0.4 is 15.6 Å². The first-order chi connectivity index (χ1) is 14.3. The van der Waals surface area contributed by atoms with Crippen LogP contribution in [-0.2, 0) is 17.7 Å². The van der Waals surface area contributed by atoms with Gasteiger partial charge in [0.1, 0.15) is 5.75 Å². The lowest BCUT2D eigenvalue weighted by Crippen LogP contribution is -2.41. The average Bonchev–Trinajstić information content (AvgIpc) is 3.42. The highest BCUT2D eigenvalue weighted by molar-refractivity contribution is 5.56. The standard InChI is InChI=1S/C22H22N4O3/c27-22-6-4-18(17-2-1-8-23-12-17)25-26(22)20-14-28-13-19(20)24-11-15-3-5-21-16(10-15)7-9-29-21/h1-6,8,10,12,19-20,24H,7,9,11,13-14H2. The van der Waals surface area contributed by atoms with E-state index in [4.69, 9.17) is 9.47 Å². The van der Waals surface area contributed by atoms with E-state index in [2.05, 4.69) is 27.5 Å². The molecule has 2 unspecified atom stereocenters. The van der Waals surface area contributed by atoms with Crippen molar-refractivity contribution in [2.75, 3.05) is 19.8 Å². The van der Waals surface area contributed by atoms with Gasteiger partial charge in [0, 0.05) is 37.0 Å². The van der Waals surface area contributed by atoms with Gasteiger partial charge in [-0.3, -0.25) is 9.78 Å². The molecule has 29 heavy (non-hydrogen) atoms. The Bertz CT molecular complexity index is 1070. The first kappa shape index (κ1) is 18.0. The second-order valence-electron chi connectivity index (χ2n) is 7.38. The number of hydrogen-bond acceptors (Lipinski definition) is 6. The van der Waals surface area contributed by atoms with Gasteiger partial charge >= 0.3 is 0 Å². The van der Waals surface area contributed by atoms with Crippen LogP contribution in [0.25, 0.3) is 11.3 Å². The molecule has 0 spiro atoms. The molecule has 7 heteroatoms. The molecule has 0 saturated carbocycles. The molecule has 2 aliphatic rings. The number of fused-ring (bicyclic) bond motifs is 1. The molecule has 0 bridgehead atoms. The molecule has 1 fully saturated rings. The predicted molar refractivity (Wildman–Crippen MR) is 108 cm³/mol. The maximum absolute atomic E-state index is 12.5. The molecular weight excluding hydrogens is 368 g/mol. The summed E-state index contributed by atoms with van der Waals surface area (Å²) in [4.78, 5) is 16.7. The SMILES string of the molecule is O=c1ccc(-c2cccnc2)nn1C1COCC1NCc1ccc2c(c1)CCO2. The Morgan fingerprint density at radius 2 is 2.14 bits per heavy atom. The molecule has 2 aromatic heterocycles. The molecule has 1 N–H and O–H groups in total. The van der Waals surface area contributed by atoms with Gasteiger partial charge in [-0.1, -0.05) is 12.1 Å². The Morgan fingerprint density at radius 3 is 3.03 bits per heavy atom. The van der Waals surface area contributed by atoms with Gasteiger partial charge < -0.3 is 14.8 Å². The van der Waals surface area contributed by atoms with Crippen LogP contribution in [0.5, 0.6) is 5.75 Å². The second-order valence-corrected chi connectivity index (χ2v) is 7.38. The van der Waals surface area contributed by atoms with Gasteiger partial charge in [-0.25, -0.2) is 4.68 Å². The molecule has 1 aromatic carbocycles. The summed E-state index contributed by atoms with van der Waals surface area (Å²) in [7, 11) is 0. The van der Waals surface area contributed by atoms with E-state index in [-0.39, 0.29) is 17.6 Å². The number of benzene rings is 1. The Hall–Kier alpha value is -3.03. The summed E-state index contributed by atoms with van der Waals surface area (Å²) < 4.78 is 12.8. The van der Waals surface area contributed by atoms with Gasteiger partial charge in [0.05, 0.1) is 37.6 Å². The van der Waals surface area contributed by atoms with E-state index < -0.39 is 0 Å². The van der Waals surface area contributed by atoms with E-state index in [1.165, 1.54) is 11.1 Å². The van der Waals surface area contributed by atoms with Crippen molar-refractivity contribution in [3.63, 3.8) is 0 Å². The lowest BCUT2D eigenvalue weighted by molar-refractivity contribution is 0.181. The van der Waals surface area contributed by atoms with E-state index in [1.807, 2.05) is 18.2 Å². The average molecular weight is 390 g/mol. The third-order valence-corrected chi connectivity index (χ3v) is 5.47. The van der Waals surface area contributed by atoms with Crippen LogP contribution in [0.15, 0.2) is 59.7 Å². The monoisotopic (exact) mass is 390 g/mol. The quantitative estimate of drug-likeness (QED) is 0.718. The van der Waals surface area contributed by atoms with Crippen LogP contribution in [0.4, 0.5) is 0 Å². The summed E-state index contributed by atoms with van der Waals surface area (Å²) in [6, 6.07) is 13.2. The van der Waals surface area contributed by atoms with Crippen molar-refractivity contribution in [2.45, 2.75) is 25.0 Å². The fourth-order valence-electron chi connectivity index (χ4n) is 3.91. The maximum Gasteiger partial charge on any atom is 0.267 e. The van der Waals surface area contributed by atoms with Crippen LogP contribution in [-0.4, -0.2) is 40.6 Å². The molecule has 4 heterocycles. The predicted octanol–water partition coefficient (Wildman–Crippen LogP) is 1.97. The summed E-state index contributed by atoms with van der Waals surface area (Å²) in [6.07, 6.45) is 4.42. The summed E-state index contributed by atoms with van der Waals surface area (Å²) in [5.74, 6) is 0.985. The van der Waals surface area contributed by atoms with E-state index in [0.29, 0.717) is 19.8 Å². The van der Waals surface area contributed by atoms with Crippen LogP contribution >= 0.6 is 0 Å². The number of nitrogens with one attached hydrogen (secondary N) is 1. The Kier molecular flexibility index (Phi) is 4.83. The molecule has 7 nitrogen and oxygen atoms in total. The van der Waals surface area contributed by atoms with Gasteiger partial charge in [0.25, 0.3) is 5.56 Å². The van der Waals surface area contributed by atoms with Gasteiger partial charge in [0.15, 0.2) is 0 Å². The molecule has 3 aromatic rings. The molecule has 0 aliphatic carbocycles. The first-order valence-electron chi connectivity index (χ1n) is 9.84. The fraction of sp³-hybridized carbons (Fsp3) is 0.318. The highest BCUT2D eigenvalue weighted by Crippen LogP contribution is 2.26. The second kappa shape index (κ2) is 7.77. The van der Waals surface area contributed by atoms with E-state index in [1.54, 1.807) is 29.2 Å². The van der Waals surface area contributed by atoms with Gasteiger partial charge in [-0.2, -0.15) is 5.10 Å². The highest BCUT2D eigenvalue weighted by Gasteiger charge is 2.31. The zero-order valence-electron chi connectivity index (χ0n) is 16.0. The molecule has 0 radical (unpaired) electrons. The molecule has 0 amide bonds. The lowest BCUT2D eigenvalue weighted by atomic mass is 10.1. The highest BCUT2D eigenvalue weighted by atomic mass is 16.5. The minimum atomic E-state index is -0.156. The topological polar surface area (TPSA) is 78.3 Å². The smallest absolute Gasteiger partial charge is 0.267 e. The molecule has 5 rings (SSSR count). The minimum absolute atomic E-state index is 0.00820. The van der Waals surface area contributed by atoms with E-state index in [9.17, 15) is 4.79 Å². The largest absolute Gasteiger partial charge is 0.493 e. The number of rotatable bonds is 5. The number of ether oxygens (including phenoxy) is 2. The summed E-state index contributed by atoms with van der Waals surface area (Å²) in [6.45, 7) is 2.46. The van der Waals surface area contributed by atoms with Crippen LogP contribution in [0.1, 0.15) is 17.2 Å². The number of pyridine rings is 1. The van der Waals surface area contributed by atoms with Gasteiger partial charge in [-0.15, -0.1) is 0 Å². The van der Waals surface area contributed by atoms with Gasteiger partial charge in [-0.05, 0) is 35.4 Å². The number of aromatic nitrogens is 3. The minimum Gasteiger partial charge on any atom is -0.493 e. The molecule has 1 saturated heterocycles. The van der Waals surface area contributed by atoms with Crippen LogP contribution in [0.2, 0.25) is 0 Å². The number of nitrogens with zero attached hydrogens (tertiary/aromatic N) is 3. The van der Waals surface area contributed by atoms with Crippen molar-refractivity contribution in [1.82, 2.24) is 20.1 Å². The summed E-state index contributed by atoms with van der Waals surface area (Å²) in [5.41, 5.74) is 3.93. The lowest BCUT2D eigenvalue weighted by Gasteiger charge is -2.21. The van der Waals surface area contributed by atoms with Crippen molar-refractivity contribution < 1.29 is 9.47 Å². The molecule has 2 atom stereocenters. The van der Waals surface area contributed by atoms with Crippen molar-refractivity contribution in [2.24, 2.45) is 0 Å². The van der Waals surface area contributed by atoms with Crippen LogP contribution in [0.3, 0.4) is 0 Å². The van der Waals surface area contributed by atoms with E-state index in [0.717, 1.165) is 30.0 Å². The first-order valence-corrected chi connectivity index (χ1v) is 9.84. The van der Waals surface area contributed by atoms with Gasteiger partial charge in [0.2, 0.25) is 0 Å². The van der Waals surface area contributed by atoms with Crippen molar-refractivity contribution in [3.8, 4) is 17.0 Å². The Labute approximate surface area is 168 Å². The van der Waals surface area contributed by atoms with Crippen molar-refractivity contribution in [1.29, 1.82) is 0 Å². The van der Waals surface area contributed by atoms with Crippen LogP contribution in [0, 0.1) is 0 Å². The zero-order valence-corrected chi connectivity index (χ0v) is 16.0. The third kappa shape index (κ3) is 3.66. The number of hydrogen-bond donors (Lipinski definition) is 1. The third-order valence-electron chi connectivity index (χ3n) is 5.47.